The van der Waals surface area contributed by atoms with Gasteiger partial charge in [0, 0.05) is 45.3 Å². The Balaban J connectivity index is 0.00000289. The molecule has 2 N–H and O–H groups in total. The van der Waals surface area contributed by atoms with Crippen LogP contribution in [0.2, 0.25) is 0 Å². The van der Waals surface area contributed by atoms with Gasteiger partial charge >= 0.3 is 0 Å². The van der Waals surface area contributed by atoms with E-state index in [9.17, 15) is 0 Å². The Morgan fingerprint density at radius 2 is 1.53 bits per heavy atom. The van der Waals surface area contributed by atoms with Crippen molar-refractivity contribution in [2.45, 2.75) is 89.4 Å². The monoisotopic (exact) mass is 553 g/mol. The second-order valence-electron chi connectivity index (χ2n) is 9.78. The lowest BCUT2D eigenvalue weighted by Crippen LogP contribution is -2.50. The number of hydrogen-bond donors (Lipinski definition) is 2. The van der Waals surface area contributed by atoms with E-state index in [2.05, 4.69) is 49.7 Å². The highest BCUT2D eigenvalue weighted by atomic mass is 127. The summed E-state index contributed by atoms with van der Waals surface area (Å²) in [5.74, 6) is 0.948. The van der Waals surface area contributed by atoms with Gasteiger partial charge in [-0.05, 0) is 62.7 Å². The second kappa shape index (κ2) is 13.8. The van der Waals surface area contributed by atoms with Crippen LogP contribution in [0.15, 0.2) is 29.3 Å². The van der Waals surface area contributed by atoms with Crippen LogP contribution in [0.3, 0.4) is 0 Å². The van der Waals surface area contributed by atoms with Gasteiger partial charge in [0.05, 0.1) is 0 Å². The summed E-state index contributed by atoms with van der Waals surface area (Å²) in [5.41, 5.74) is 2.85. The molecule has 32 heavy (non-hydrogen) atoms. The first kappa shape index (κ1) is 25.8. The Labute approximate surface area is 212 Å². The number of rotatable bonds is 6. The second-order valence-corrected chi connectivity index (χ2v) is 9.78. The molecule has 4 rings (SSSR count). The van der Waals surface area contributed by atoms with Crippen LogP contribution in [0.5, 0.6) is 0 Å². The number of nitrogens with zero attached hydrogens (tertiary/aromatic N) is 3. The van der Waals surface area contributed by atoms with Crippen molar-refractivity contribution in [1.82, 2.24) is 20.4 Å². The summed E-state index contributed by atoms with van der Waals surface area (Å²) >= 11 is 0. The van der Waals surface area contributed by atoms with Gasteiger partial charge in [-0.3, -0.25) is 9.89 Å². The molecule has 2 heterocycles. The van der Waals surface area contributed by atoms with Gasteiger partial charge in [-0.2, -0.15) is 0 Å². The molecule has 0 radical (unpaired) electrons. The summed E-state index contributed by atoms with van der Waals surface area (Å²) < 4.78 is 0. The van der Waals surface area contributed by atoms with Crippen molar-refractivity contribution in [2.75, 3.05) is 33.2 Å². The van der Waals surface area contributed by atoms with E-state index >= 15 is 0 Å². The normalized spacial score (nSPS) is 22.3. The fourth-order valence-corrected chi connectivity index (χ4v) is 5.66. The minimum Gasteiger partial charge on any atom is -0.354 e. The van der Waals surface area contributed by atoms with Crippen LogP contribution in [-0.2, 0) is 13.1 Å². The summed E-state index contributed by atoms with van der Waals surface area (Å²) in [7, 11) is 1.89. The van der Waals surface area contributed by atoms with Crippen LogP contribution in [0.25, 0.3) is 0 Å². The van der Waals surface area contributed by atoms with Gasteiger partial charge in [0.15, 0.2) is 5.96 Å². The third-order valence-electron chi connectivity index (χ3n) is 7.59. The van der Waals surface area contributed by atoms with Gasteiger partial charge in [0.25, 0.3) is 0 Å². The molecular formula is C26H44IN5. The van der Waals surface area contributed by atoms with Gasteiger partial charge in [0.2, 0.25) is 0 Å². The molecule has 0 spiro atoms. The predicted octanol–water partition coefficient (Wildman–Crippen LogP) is 4.75. The zero-order chi connectivity index (χ0) is 21.3. The van der Waals surface area contributed by atoms with Crippen LogP contribution in [0.1, 0.15) is 75.3 Å². The van der Waals surface area contributed by atoms with E-state index in [4.69, 9.17) is 0 Å². The van der Waals surface area contributed by atoms with E-state index in [1.165, 1.54) is 102 Å². The first-order valence-electron chi connectivity index (χ1n) is 12.8. The number of piperidine rings is 1. The van der Waals surface area contributed by atoms with Gasteiger partial charge in [-0.25, -0.2) is 0 Å². The predicted molar refractivity (Wildman–Crippen MR) is 146 cm³/mol. The van der Waals surface area contributed by atoms with Crippen LogP contribution in [0, 0.1) is 0 Å². The average Bonchev–Trinajstić information content (AvgIpc) is 3.23. The number of hydrogen-bond acceptors (Lipinski definition) is 3. The maximum Gasteiger partial charge on any atom is 0.191 e. The zero-order valence-electron chi connectivity index (χ0n) is 20.0. The molecule has 0 aromatic heterocycles. The Bertz CT molecular complexity index is 687. The minimum atomic E-state index is 0. The summed E-state index contributed by atoms with van der Waals surface area (Å²) in [4.78, 5) is 9.89. The molecule has 0 atom stereocenters. The SMILES string of the molecule is CN=C(NCc1ccccc1CN1CCCCCC1)NC1CCN(C2CCCC2)CC1.I. The molecule has 1 aliphatic carbocycles. The van der Waals surface area contributed by atoms with E-state index in [1.807, 2.05) is 7.05 Å². The quantitative estimate of drug-likeness (QED) is 0.303. The number of aliphatic imine (C=N–C) groups is 1. The van der Waals surface area contributed by atoms with E-state index in [0.717, 1.165) is 25.1 Å². The molecule has 0 amide bonds. The van der Waals surface area contributed by atoms with Crippen molar-refractivity contribution in [2.24, 2.45) is 4.99 Å². The van der Waals surface area contributed by atoms with Crippen molar-refractivity contribution < 1.29 is 0 Å². The third-order valence-corrected chi connectivity index (χ3v) is 7.59. The largest absolute Gasteiger partial charge is 0.354 e. The third kappa shape index (κ3) is 7.59. The Hall–Kier alpha value is -0.860. The number of nitrogens with one attached hydrogen (secondary N) is 2. The highest BCUT2D eigenvalue weighted by Gasteiger charge is 2.27. The highest BCUT2D eigenvalue weighted by molar-refractivity contribution is 14.0. The maximum atomic E-state index is 4.52. The van der Waals surface area contributed by atoms with E-state index in [1.54, 1.807) is 0 Å². The summed E-state index contributed by atoms with van der Waals surface area (Å²) in [5, 5.41) is 7.29. The van der Waals surface area contributed by atoms with E-state index in [0.29, 0.717) is 6.04 Å². The molecule has 3 aliphatic rings. The molecular weight excluding hydrogens is 509 g/mol. The summed E-state index contributed by atoms with van der Waals surface area (Å²) in [6.07, 6.45) is 13.6. The van der Waals surface area contributed by atoms with E-state index < -0.39 is 0 Å². The molecule has 0 unspecified atom stereocenters. The maximum absolute atomic E-state index is 4.52. The van der Waals surface area contributed by atoms with Crippen molar-refractivity contribution in [3.8, 4) is 0 Å². The van der Waals surface area contributed by atoms with Gasteiger partial charge in [-0.1, -0.05) is 49.9 Å². The molecule has 2 saturated heterocycles. The minimum absolute atomic E-state index is 0. The molecule has 180 valence electrons. The molecule has 1 aromatic rings. The molecule has 6 heteroatoms. The van der Waals surface area contributed by atoms with Gasteiger partial charge < -0.3 is 15.5 Å². The number of benzene rings is 1. The first-order valence-corrected chi connectivity index (χ1v) is 12.8. The number of likely N-dealkylation sites (tertiary alicyclic amines) is 2. The van der Waals surface area contributed by atoms with Crippen LogP contribution < -0.4 is 10.6 Å². The van der Waals surface area contributed by atoms with Crippen LogP contribution >= 0.6 is 24.0 Å². The fraction of sp³-hybridized carbons (Fsp3) is 0.731. The van der Waals surface area contributed by atoms with Crippen molar-refractivity contribution in [3.05, 3.63) is 35.4 Å². The average molecular weight is 554 g/mol. The van der Waals surface area contributed by atoms with Crippen LogP contribution in [0.4, 0.5) is 0 Å². The van der Waals surface area contributed by atoms with E-state index in [-0.39, 0.29) is 24.0 Å². The lowest BCUT2D eigenvalue weighted by atomic mass is 10.0. The Kier molecular flexibility index (Phi) is 11.1. The van der Waals surface area contributed by atoms with Gasteiger partial charge in [0.1, 0.15) is 0 Å². The van der Waals surface area contributed by atoms with Crippen molar-refractivity contribution in [1.29, 1.82) is 0 Å². The molecule has 1 saturated carbocycles. The molecule has 5 nitrogen and oxygen atoms in total. The first-order chi connectivity index (χ1) is 15.3. The Morgan fingerprint density at radius 3 is 2.19 bits per heavy atom. The van der Waals surface area contributed by atoms with Crippen molar-refractivity contribution >= 4 is 29.9 Å². The standard InChI is InChI=1S/C26H43N5.HI/c1-27-26(29-24-14-18-31(19-15-24)25-12-6-7-13-25)28-20-22-10-4-5-11-23(22)21-30-16-8-2-3-9-17-30;/h4-5,10-11,24-25H,2-3,6-9,12-21H2,1H3,(H2,27,28,29);1H. The Morgan fingerprint density at radius 1 is 0.875 bits per heavy atom. The topological polar surface area (TPSA) is 42.9 Å². The molecule has 1 aromatic carbocycles. The fourth-order valence-electron chi connectivity index (χ4n) is 5.66. The summed E-state index contributed by atoms with van der Waals surface area (Å²) in [6, 6.07) is 10.3. The van der Waals surface area contributed by atoms with Crippen molar-refractivity contribution in [3.63, 3.8) is 0 Å². The lowest BCUT2D eigenvalue weighted by molar-refractivity contribution is 0.150. The van der Waals surface area contributed by atoms with Gasteiger partial charge in [-0.15, -0.1) is 24.0 Å². The number of guanidine groups is 1. The molecule has 0 bridgehead atoms. The highest BCUT2D eigenvalue weighted by Crippen LogP contribution is 2.26. The van der Waals surface area contributed by atoms with Crippen LogP contribution in [-0.4, -0.2) is 61.1 Å². The summed E-state index contributed by atoms with van der Waals surface area (Å²) in [6.45, 7) is 6.86. The zero-order valence-corrected chi connectivity index (χ0v) is 22.4. The molecule has 3 fully saturated rings. The smallest absolute Gasteiger partial charge is 0.191 e. The number of halogens is 1. The molecule has 2 aliphatic heterocycles. The lowest BCUT2D eigenvalue weighted by Gasteiger charge is -2.36.